The van der Waals surface area contributed by atoms with E-state index in [1.165, 1.54) is 16.2 Å². The lowest BCUT2D eigenvalue weighted by Gasteiger charge is -2.21. The first kappa shape index (κ1) is 14.1. The summed E-state index contributed by atoms with van der Waals surface area (Å²) in [6.45, 7) is 12.3. The molecule has 1 atom stereocenters. The zero-order valence-electron chi connectivity index (χ0n) is 11.0. The zero-order valence-corrected chi connectivity index (χ0v) is 12.6. The van der Waals surface area contributed by atoms with Crippen LogP contribution in [0.4, 0.5) is 0 Å². The number of aryl methyl sites for hydroxylation is 1. The first-order valence-corrected chi connectivity index (χ1v) is 7.65. The molecule has 0 amide bonds. The Morgan fingerprint density at radius 2 is 2.12 bits per heavy atom. The molecule has 1 unspecified atom stereocenters. The van der Waals surface area contributed by atoms with Gasteiger partial charge >= 0.3 is 0 Å². The monoisotopic (exact) mass is 257 g/mol. The molecule has 1 heterocycles. The van der Waals surface area contributed by atoms with Crippen LogP contribution in [-0.4, -0.2) is 16.5 Å². The topological polar surface area (TPSA) is 12.0 Å². The molecule has 3 heteroatoms. The molecule has 0 saturated heterocycles. The first-order valence-electron chi connectivity index (χ1n) is 5.79. The minimum atomic E-state index is 0.370. The van der Waals surface area contributed by atoms with Crippen molar-refractivity contribution in [2.45, 2.75) is 52.0 Å². The summed E-state index contributed by atoms with van der Waals surface area (Å²) in [6, 6.07) is 2.77. The van der Waals surface area contributed by atoms with Crippen LogP contribution >= 0.6 is 23.1 Å². The first-order chi connectivity index (χ1) is 7.38. The van der Waals surface area contributed by atoms with Gasteiger partial charge in [0, 0.05) is 28.0 Å². The molecule has 0 radical (unpaired) electrons. The van der Waals surface area contributed by atoms with E-state index in [2.05, 4.69) is 51.4 Å². The Morgan fingerprint density at radius 3 is 2.62 bits per heavy atom. The van der Waals surface area contributed by atoms with Crippen LogP contribution in [0.5, 0.6) is 0 Å². The Morgan fingerprint density at radius 1 is 1.44 bits per heavy atom. The van der Waals surface area contributed by atoms with Crippen molar-refractivity contribution in [2.75, 3.05) is 5.75 Å². The lowest BCUT2D eigenvalue weighted by atomic mass is 10.3. The van der Waals surface area contributed by atoms with Gasteiger partial charge in [-0.15, -0.1) is 11.3 Å². The van der Waals surface area contributed by atoms with Crippen molar-refractivity contribution in [1.29, 1.82) is 0 Å². The molecule has 0 spiro atoms. The molecule has 1 rings (SSSR count). The lowest BCUT2D eigenvalue weighted by molar-refractivity contribution is 0.596. The van der Waals surface area contributed by atoms with Gasteiger partial charge in [0.25, 0.3) is 0 Å². The minimum Gasteiger partial charge on any atom is -0.309 e. The summed E-state index contributed by atoms with van der Waals surface area (Å²) in [6.07, 6.45) is 0. The van der Waals surface area contributed by atoms with E-state index < -0.39 is 0 Å². The highest BCUT2D eigenvalue weighted by molar-refractivity contribution is 8.00. The van der Waals surface area contributed by atoms with Gasteiger partial charge in [-0.05, 0) is 30.9 Å². The molecule has 0 aliphatic heterocycles. The van der Waals surface area contributed by atoms with Gasteiger partial charge in [0.15, 0.2) is 0 Å². The number of thiophene rings is 1. The number of nitrogens with one attached hydrogen (secondary N) is 1. The van der Waals surface area contributed by atoms with Gasteiger partial charge in [-0.25, -0.2) is 0 Å². The fraction of sp³-hybridized carbons (Fsp3) is 0.692. The molecule has 1 nitrogen and oxygen atoms in total. The predicted molar refractivity (Wildman–Crippen MR) is 77.6 cm³/mol. The highest BCUT2D eigenvalue weighted by Gasteiger charge is 2.12. The van der Waals surface area contributed by atoms with E-state index in [9.17, 15) is 0 Å². The van der Waals surface area contributed by atoms with Crippen molar-refractivity contribution in [3.8, 4) is 0 Å². The quantitative estimate of drug-likeness (QED) is 0.853. The molecule has 1 aromatic rings. The lowest BCUT2D eigenvalue weighted by Crippen LogP contribution is -2.29. The van der Waals surface area contributed by atoms with Crippen molar-refractivity contribution in [3.63, 3.8) is 0 Å². The number of rotatable bonds is 5. The maximum absolute atomic E-state index is 3.59. The van der Waals surface area contributed by atoms with Gasteiger partial charge < -0.3 is 5.32 Å². The van der Waals surface area contributed by atoms with Crippen LogP contribution in [0.2, 0.25) is 0 Å². The van der Waals surface area contributed by atoms with E-state index in [0.29, 0.717) is 10.8 Å². The molecular weight excluding hydrogens is 234 g/mol. The van der Waals surface area contributed by atoms with Gasteiger partial charge in [-0.2, -0.15) is 11.8 Å². The SMILES string of the molecule is Cc1ccsc1CNC(C)CSC(C)(C)C. The maximum Gasteiger partial charge on any atom is 0.0305 e. The molecule has 0 fully saturated rings. The van der Waals surface area contributed by atoms with E-state index in [0.717, 1.165) is 6.54 Å². The highest BCUT2D eigenvalue weighted by atomic mass is 32.2. The minimum absolute atomic E-state index is 0.370. The Balaban J connectivity index is 2.25. The van der Waals surface area contributed by atoms with E-state index in [1.807, 2.05) is 23.1 Å². The standard InChI is InChI=1S/C13H23NS2/c1-10-6-7-15-12(10)8-14-11(2)9-16-13(3,4)5/h6-7,11,14H,8-9H2,1-5H3. The van der Waals surface area contributed by atoms with Crippen molar-refractivity contribution in [1.82, 2.24) is 5.32 Å². The second-order valence-electron chi connectivity index (χ2n) is 5.23. The maximum atomic E-state index is 3.59. The highest BCUT2D eigenvalue weighted by Crippen LogP contribution is 2.23. The molecule has 0 aliphatic carbocycles. The third kappa shape index (κ3) is 5.37. The van der Waals surface area contributed by atoms with E-state index in [1.54, 1.807) is 0 Å². The third-order valence-electron chi connectivity index (χ3n) is 2.35. The van der Waals surface area contributed by atoms with Crippen molar-refractivity contribution in [3.05, 3.63) is 21.9 Å². The average molecular weight is 257 g/mol. The Kier molecular flexibility index (Phi) is 5.35. The molecule has 0 aromatic carbocycles. The largest absolute Gasteiger partial charge is 0.309 e. The van der Waals surface area contributed by atoms with Crippen molar-refractivity contribution < 1.29 is 0 Å². The van der Waals surface area contributed by atoms with Crippen molar-refractivity contribution >= 4 is 23.1 Å². The fourth-order valence-corrected chi connectivity index (χ4v) is 3.01. The number of thioether (sulfide) groups is 1. The van der Waals surface area contributed by atoms with Crippen LogP contribution in [0.25, 0.3) is 0 Å². The molecule has 92 valence electrons. The van der Waals surface area contributed by atoms with Gasteiger partial charge in [0.2, 0.25) is 0 Å². The zero-order chi connectivity index (χ0) is 12.2. The summed E-state index contributed by atoms with van der Waals surface area (Å²) in [5.41, 5.74) is 1.41. The normalized spacial score (nSPS) is 14.1. The summed E-state index contributed by atoms with van der Waals surface area (Å²) in [4.78, 5) is 1.47. The number of hydrogen-bond acceptors (Lipinski definition) is 3. The fourth-order valence-electron chi connectivity index (χ4n) is 1.29. The van der Waals surface area contributed by atoms with Crippen LogP contribution in [0, 0.1) is 6.92 Å². The van der Waals surface area contributed by atoms with Crippen molar-refractivity contribution in [2.24, 2.45) is 0 Å². The molecule has 0 bridgehead atoms. The summed E-state index contributed by atoms with van der Waals surface area (Å²) in [5, 5.41) is 5.76. The molecule has 1 aromatic heterocycles. The van der Waals surface area contributed by atoms with Gasteiger partial charge in [0.1, 0.15) is 0 Å². The summed E-state index contributed by atoms with van der Waals surface area (Å²) in [7, 11) is 0. The van der Waals surface area contributed by atoms with Gasteiger partial charge in [-0.3, -0.25) is 0 Å². The molecule has 16 heavy (non-hydrogen) atoms. The summed E-state index contributed by atoms with van der Waals surface area (Å²) in [5.74, 6) is 1.17. The van der Waals surface area contributed by atoms with Crippen LogP contribution in [0.1, 0.15) is 38.1 Å². The third-order valence-corrected chi connectivity index (χ3v) is 4.90. The Bertz CT molecular complexity index is 312. The van der Waals surface area contributed by atoms with Crippen LogP contribution in [0.3, 0.4) is 0 Å². The van der Waals surface area contributed by atoms with Gasteiger partial charge in [0.05, 0.1) is 0 Å². The Labute approximate surface area is 108 Å². The predicted octanol–water partition coefficient (Wildman–Crippen LogP) is 4.07. The summed E-state index contributed by atoms with van der Waals surface area (Å²) < 4.78 is 0.370. The van der Waals surface area contributed by atoms with E-state index in [4.69, 9.17) is 0 Å². The van der Waals surface area contributed by atoms with Crippen LogP contribution in [-0.2, 0) is 6.54 Å². The second kappa shape index (κ2) is 6.08. The average Bonchev–Trinajstić information content (AvgIpc) is 2.57. The molecule has 0 saturated carbocycles. The van der Waals surface area contributed by atoms with Crippen LogP contribution in [0.15, 0.2) is 11.4 Å². The van der Waals surface area contributed by atoms with E-state index >= 15 is 0 Å². The Hall–Kier alpha value is 0.01000. The van der Waals surface area contributed by atoms with Gasteiger partial charge in [-0.1, -0.05) is 20.8 Å². The summed E-state index contributed by atoms with van der Waals surface area (Å²) >= 11 is 3.87. The van der Waals surface area contributed by atoms with E-state index in [-0.39, 0.29) is 0 Å². The second-order valence-corrected chi connectivity index (χ2v) is 8.08. The molecule has 0 aliphatic rings. The smallest absolute Gasteiger partial charge is 0.0305 e. The number of hydrogen-bond donors (Lipinski definition) is 1. The van der Waals surface area contributed by atoms with Crippen LogP contribution < -0.4 is 5.32 Å². The molecular formula is C13H23NS2. The molecule has 1 N–H and O–H groups in total.